The van der Waals surface area contributed by atoms with Crippen molar-refractivity contribution in [2.24, 2.45) is 5.73 Å². The lowest BCUT2D eigenvalue weighted by Crippen LogP contribution is -2.29. The second-order valence-corrected chi connectivity index (χ2v) is 4.62. The van der Waals surface area contributed by atoms with Crippen LogP contribution in [0.25, 0.3) is 0 Å². The summed E-state index contributed by atoms with van der Waals surface area (Å²) in [6.07, 6.45) is 0. The van der Waals surface area contributed by atoms with Crippen LogP contribution in [0.3, 0.4) is 0 Å². The van der Waals surface area contributed by atoms with Crippen LogP contribution in [0.1, 0.15) is 20.7 Å². The molecule has 2 aromatic carbocycles. The zero-order valence-corrected chi connectivity index (χ0v) is 11.3. The number of fused-ring (bicyclic) bond motifs is 1. The normalized spacial score (nSPS) is 13.5. The SMILES string of the molecule is NCCOc1ccc(N2C(=O)c3ccccc3C2=O)cc1. The first kappa shape index (κ1) is 13.3. The molecular formula is C16H14N2O3. The van der Waals surface area contributed by atoms with E-state index in [2.05, 4.69) is 0 Å². The third-order valence-electron chi connectivity index (χ3n) is 3.28. The van der Waals surface area contributed by atoms with E-state index in [0.717, 1.165) is 0 Å². The number of hydrogen-bond acceptors (Lipinski definition) is 4. The third-order valence-corrected chi connectivity index (χ3v) is 3.28. The summed E-state index contributed by atoms with van der Waals surface area (Å²) in [5.41, 5.74) is 6.77. The zero-order chi connectivity index (χ0) is 14.8. The fraction of sp³-hybridized carbons (Fsp3) is 0.125. The fourth-order valence-electron chi connectivity index (χ4n) is 2.29. The maximum Gasteiger partial charge on any atom is 0.266 e. The lowest BCUT2D eigenvalue weighted by molar-refractivity contribution is 0.0926. The Bertz CT molecular complexity index is 660. The van der Waals surface area contributed by atoms with Crippen LogP contribution in [-0.2, 0) is 0 Å². The average Bonchev–Trinajstić information content (AvgIpc) is 2.78. The first-order chi connectivity index (χ1) is 10.2. The van der Waals surface area contributed by atoms with Crippen molar-refractivity contribution in [3.05, 3.63) is 59.7 Å². The number of nitrogens with two attached hydrogens (primary N) is 1. The summed E-state index contributed by atoms with van der Waals surface area (Å²) in [6.45, 7) is 0.854. The summed E-state index contributed by atoms with van der Waals surface area (Å²) in [5.74, 6) is 0.0539. The van der Waals surface area contributed by atoms with Crippen LogP contribution >= 0.6 is 0 Å². The van der Waals surface area contributed by atoms with Crippen LogP contribution in [0, 0.1) is 0 Å². The van der Waals surface area contributed by atoms with Gasteiger partial charge in [0.15, 0.2) is 0 Å². The van der Waals surface area contributed by atoms with Gasteiger partial charge in [-0.3, -0.25) is 9.59 Å². The van der Waals surface area contributed by atoms with Crippen molar-refractivity contribution in [3.8, 4) is 5.75 Å². The van der Waals surface area contributed by atoms with Crippen molar-refractivity contribution >= 4 is 17.5 Å². The molecule has 5 heteroatoms. The molecule has 0 saturated heterocycles. The first-order valence-electron chi connectivity index (χ1n) is 6.63. The van der Waals surface area contributed by atoms with Gasteiger partial charge in [-0.1, -0.05) is 12.1 Å². The van der Waals surface area contributed by atoms with Crippen molar-refractivity contribution in [2.45, 2.75) is 0 Å². The van der Waals surface area contributed by atoms with Gasteiger partial charge in [-0.05, 0) is 36.4 Å². The molecular weight excluding hydrogens is 268 g/mol. The number of hydrogen-bond donors (Lipinski definition) is 1. The summed E-state index contributed by atoms with van der Waals surface area (Å²) in [6, 6.07) is 13.6. The van der Waals surface area contributed by atoms with Gasteiger partial charge in [-0.2, -0.15) is 0 Å². The van der Waals surface area contributed by atoms with Gasteiger partial charge in [0.2, 0.25) is 0 Å². The third kappa shape index (κ3) is 2.28. The number of carbonyl (C=O) groups excluding carboxylic acids is 2. The molecule has 0 aromatic heterocycles. The van der Waals surface area contributed by atoms with Gasteiger partial charge >= 0.3 is 0 Å². The van der Waals surface area contributed by atoms with Crippen LogP contribution in [0.15, 0.2) is 48.5 Å². The summed E-state index contributed by atoms with van der Waals surface area (Å²) in [5, 5.41) is 0. The first-order valence-corrected chi connectivity index (χ1v) is 6.63. The summed E-state index contributed by atoms with van der Waals surface area (Å²) in [4.78, 5) is 25.8. The Morgan fingerprint density at radius 2 is 1.48 bits per heavy atom. The summed E-state index contributed by atoms with van der Waals surface area (Å²) >= 11 is 0. The number of amides is 2. The van der Waals surface area contributed by atoms with E-state index in [1.165, 1.54) is 4.90 Å². The second-order valence-electron chi connectivity index (χ2n) is 4.62. The molecule has 0 atom stereocenters. The maximum absolute atomic E-state index is 12.3. The van der Waals surface area contributed by atoms with Gasteiger partial charge in [0.25, 0.3) is 11.8 Å². The molecule has 0 spiro atoms. The number of benzene rings is 2. The van der Waals surface area contributed by atoms with E-state index >= 15 is 0 Å². The molecule has 21 heavy (non-hydrogen) atoms. The number of imide groups is 1. The van der Waals surface area contributed by atoms with E-state index in [1.54, 1.807) is 48.5 Å². The van der Waals surface area contributed by atoms with Crippen molar-refractivity contribution in [2.75, 3.05) is 18.1 Å². The fourth-order valence-corrected chi connectivity index (χ4v) is 2.29. The highest BCUT2D eigenvalue weighted by Gasteiger charge is 2.36. The summed E-state index contributed by atoms with van der Waals surface area (Å²) < 4.78 is 5.37. The molecule has 2 aromatic rings. The van der Waals surface area contributed by atoms with Crippen LogP contribution in [0.4, 0.5) is 5.69 Å². The number of anilines is 1. The minimum atomic E-state index is -0.300. The molecule has 0 bridgehead atoms. The molecule has 1 heterocycles. The smallest absolute Gasteiger partial charge is 0.266 e. The molecule has 1 aliphatic rings. The highest BCUT2D eigenvalue weighted by atomic mass is 16.5. The van der Waals surface area contributed by atoms with Crippen molar-refractivity contribution in [1.82, 2.24) is 0 Å². The Morgan fingerprint density at radius 3 is 2.00 bits per heavy atom. The Hall–Kier alpha value is -2.66. The molecule has 2 N–H and O–H groups in total. The monoisotopic (exact) mass is 282 g/mol. The topological polar surface area (TPSA) is 72.6 Å². The van der Waals surface area contributed by atoms with Gasteiger partial charge < -0.3 is 10.5 Å². The highest BCUT2D eigenvalue weighted by molar-refractivity contribution is 6.34. The number of carbonyl (C=O) groups is 2. The molecule has 106 valence electrons. The molecule has 2 amide bonds. The van der Waals surface area contributed by atoms with Crippen LogP contribution in [-0.4, -0.2) is 25.0 Å². The molecule has 3 rings (SSSR count). The van der Waals surface area contributed by atoms with E-state index in [-0.39, 0.29) is 11.8 Å². The van der Waals surface area contributed by atoms with Gasteiger partial charge in [-0.25, -0.2) is 4.90 Å². The zero-order valence-electron chi connectivity index (χ0n) is 11.3. The minimum Gasteiger partial charge on any atom is -0.492 e. The summed E-state index contributed by atoms with van der Waals surface area (Å²) in [7, 11) is 0. The molecule has 0 radical (unpaired) electrons. The molecule has 0 unspecified atom stereocenters. The van der Waals surface area contributed by atoms with Gasteiger partial charge in [0.1, 0.15) is 12.4 Å². The number of nitrogens with zero attached hydrogens (tertiary/aromatic N) is 1. The lowest BCUT2D eigenvalue weighted by Gasteiger charge is -2.14. The quantitative estimate of drug-likeness (QED) is 0.868. The molecule has 0 saturated carbocycles. The number of ether oxygens (including phenoxy) is 1. The van der Waals surface area contributed by atoms with Crippen molar-refractivity contribution in [1.29, 1.82) is 0 Å². The average molecular weight is 282 g/mol. The Balaban J connectivity index is 1.88. The molecule has 1 aliphatic heterocycles. The predicted octanol–water partition coefficient (Wildman–Crippen LogP) is 1.82. The van der Waals surface area contributed by atoms with E-state index in [1.807, 2.05) is 0 Å². The number of rotatable bonds is 4. The Labute approximate surface area is 121 Å². The van der Waals surface area contributed by atoms with E-state index < -0.39 is 0 Å². The Kier molecular flexibility index (Phi) is 3.41. The van der Waals surface area contributed by atoms with E-state index in [0.29, 0.717) is 35.7 Å². The van der Waals surface area contributed by atoms with Crippen LogP contribution < -0.4 is 15.4 Å². The van der Waals surface area contributed by atoms with Crippen molar-refractivity contribution in [3.63, 3.8) is 0 Å². The van der Waals surface area contributed by atoms with E-state index in [9.17, 15) is 9.59 Å². The van der Waals surface area contributed by atoms with Gasteiger partial charge in [0.05, 0.1) is 16.8 Å². The minimum absolute atomic E-state index is 0.300. The van der Waals surface area contributed by atoms with Gasteiger partial charge in [0, 0.05) is 6.54 Å². The van der Waals surface area contributed by atoms with Crippen LogP contribution in [0.2, 0.25) is 0 Å². The lowest BCUT2D eigenvalue weighted by atomic mass is 10.1. The Morgan fingerprint density at radius 1 is 0.905 bits per heavy atom. The van der Waals surface area contributed by atoms with Gasteiger partial charge in [-0.15, -0.1) is 0 Å². The van der Waals surface area contributed by atoms with Crippen LogP contribution in [0.5, 0.6) is 5.75 Å². The van der Waals surface area contributed by atoms with Crippen molar-refractivity contribution < 1.29 is 14.3 Å². The largest absolute Gasteiger partial charge is 0.492 e. The standard InChI is InChI=1S/C16H14N2O3/c17-9-10-21-12-7-5-11(6-8-12)18-15(19)13-3-1-2-4-14(13)16(18)20/h1-8H,9-10,17H2. The highest BCUT2D eigenvalue weighted by Crippen LogP contribution is 2.29. The molecule has 5 nitrogen and oxygen atoms in total. The molecule has 0 fully saturated rings. The maximum atomic E-state index is 12.3. The predicted molar refractivity (Wildman–Crippen MR) is 78.6 cm³/mol. The second kappa shape index (κ2) is 5.38. The van der Waals surface area contributed by atoms with E-state index in [4.69, 9.17) is 10.5 Å². The molecule has 0 aliphatic carbocycles.